The van der Waals surface area contributed by atoms with Gasteiger partial charge in [-0.3, -0.25) is 9.89 Å². The number of piperazine rings is 1. The summed E-state index contributed by atoms with van der Waals surface area (Å²) in [7, 11) is 0. The van der Waals surface area contributed by atoms with Crippen molar-refractivity contribution in [2.24, 2.45) is 10.9 Å². The molecule has 0 radical (unpaired) electrons. The van der Waals surface area contributed by atoms with Crippen LogP contribution in [0.4, 0.5) is 0 Å². The molecule has 1 unspecified atom stereocenters. The summed E-state index contributed by atoms with van der Waals surface area (Å²) in [5, 5.41) is 16.1. The van der Waals surface area contributed by atoms with E-state index >= 15 is 0 Å². The van der Waals surface area contributed by atoms with Gasteiger partial charge in [0.1, 0.15) is 0 Å². The molecular weight excluding hydrogens is 501 g/mol. The van der Waals surface area contributed by atoms with Gasteiger partial charge in [-0.25, -0.2) is 0 Å². The van der Waals surface area contributed by atoms with Crippen molar-refractivity contribution in [3.8, 4) is 0 Å². The first-order chi connectivity index (χ1) is 14.7. The lowest BCUT2D eigenvalue weighted by molar-refractivity contribution is 0.126. The second kappa shape index (κ2) is 17.6. The summed E-state index contributed by atoms with van der Waals surface area (Å²) < 4.78 is 0. The molecule has 0 saturated carbocycles. The lowest BCUT2D eigenvalue weighted by Crippen LogP contribution is -2.46. The number of rotatable bonds is 13. The van der Waals surface area contributed by atoms with Gasteiger partial charge in [-0.1, -0.05) is 43.7 Å². The minimum Gasteiger partial charge on any atom is -0.396 e. The van der Waals surface area contributed by atoms with Gasteiger partial charge in [0.05, 0.1) is 0 Å². The predicted molar refractivity (Wildman–Crippen MR) is 142 cm³/mol. The molecule has 1 aliphatic rings. The number of benzene rings is 1. The Morgan fingerprint density at radius 2 is 1.74 bits per heavy atom. The van der Waals surface area contributed by atoms with E-state index in [1.165, 1.54) is 5.56 Å². The Hall–Kier alpha value is -0.900. The van der Waals surface area contributed by atoms with Crippen LogP contribution in [0.3, 0.4) is 0 Å². The van der Waals surface area contributed by atoms with Crippen LogP contribution in [-0.2, 0) is 6.54 Å². The fourth-order valence-electron chi connectivity index (χ4n) is 4.00. The maximum atomic E-state index is 9.23. The number of hydrogen-bond acceptors (Lipinski definition) is 4. The maximum absolute atomic E-state index is 9.23. The molecule has 0 spiro atoms. The Balaban J connectivity index is 0.00000480. The molecule has 1 aromatic carbocycles. The first-order valence-corrected chi connectivity index (χ1v) is 11.9. The summed E-state index contributed by atoms with van der Waals surface area (Å²) in [6.07, 6.45) is 4.23. The van der Waals surface area contributed by atoms with E-state index in [4.69, 9.17) is 4.99 Å². The molecule has 0 bridgehead atoms. The Labute approximate surface area is 206 Å². The van der Waals surface area contributed by atoms with Crippen molar-refractivity contribution >= 4 is 29.9 Å². The van der Waals surface area contributed by atoms with E-state index in [1.807, 2.05) is 0 Å². The van der Waals surface area contributed by atoms with Crippen LogP contribution in [0.1, 0.15) is 45.1 Å². The number of guanidine groups is 1. The lowest BCUT2D eigenvalue weighted by atomic mass is 10.0. The van der Waals surface area contributed by atoms with Gasteiger partial charge >= 0.3 is 0 Å². The zero-order chi connectivity index (χ0) is 21.4. The van der Waals surface area contributed by atoms with Gasteiger partial charge in [-0.15, -0.1) is 24.0 Å². The number of nitrogens with zero attached hydrogens (tertiary/aromatic N) is 3. The first-order valence-electron chi connectivity index (χ1n) is 11.9. The van der Waals surface area contributed by atoms with Crippen molar-refractivity contribution < 1.29 is 5.11 Å². The third kappa shape index (κ3) is 12.1. The lowest BCUT2D eigenvalue weighted by Gasteiger charge is -2.34. The normalized spacial score (nSPS) is 16.5. The van der Waals surface area contributed by atoms with E-state index in [9.17, 15) is 5.11 Å². The minimum absolute atomic E-state index is 0. The third-order valence-corrected chi connectivity index (χ3v) is 5.74. The fourth-order valence-corrected chi connectivity index (χ4v) is 4.00. The molecule has 7 heteroatoms. The van der Waals surface area contributed by atoms with Gasteiger partial charge in [-0.05, 0) is 44.2 Å². The Kier molecular flexibility index (Phi) is 16.0. The maximum Gasteiger partial charge on any atom is 0.191 e. The average molecular weight is 546 g/mol. The van der Waals surface area contributed by atoms with E-state index in [0.29, 0.717) is 5.92 Å². The van der Waals surface area contributed by atoms with Gasteiger partial charge in [0.25, 0.3) is 0 Å². The molecule has 1 atom stereocenters. The predicted octanol–water partition coefficient (Wildman–Crippen LogP) is 3.17. The van der Waals surface area contributed by atoms with Crippen LogP contribution in [0.5, 0.6) is 0 Å². The van der Waals surface area contributed by atoms with Crippen molar-refractivity contribution in [2.75, 3.05) is 59.0 Å². The molecule has 0 aromatic heterocycles. The Morgan fingerprint density at radius 3 is 2.39 bits per heavy atom. The van der Waals surface area contributed by atoms with Crippen LogP contribution < -0.4 is 10.6 Å². The van der Waals surface area contributed by atoms with Crippen LogP contribution in [-0.4, -0.2) is 79.8 Å². The quantitative estimate of drug-likeness (QED) is 0.154. The summed E-state index contributed by atoms with van der Waals surface area (Å²) in [4.78, 5) is 9.88. The molecule has 3 N–H and O–H groups in total. The molecule has 1 fully saturated rings. The van der Waals surface area contributed by atoms with Crippen molar-refractivity contribution in [1.29, 1.82) is 0 Å². The smallest absolute Gasteiger partial charge is 0.191 e. The highest BCUT2D eigenvalue weighted by Gasteiger charge is 2.16. The van der Waals surface area contributed by atoms with Crippen LogP contribution in [0.25, 0.3) is 0 Å². The largest absolute Gasteiger partial charge is 0.396 e. The molecule has 0 amide bonds. The first kappa shape index (κ1) is 28.1. The third-order valence-electron chi connectivity index (χ3n) is 5.74. The van der Waals surface area contributed by atoms with E-state index in [1.54, 1.807) is 0 Å². The van der Waals surface area contributed by atoms with Crippen LogP contribution in [0.2, 0.25) is 0 Å². The van der Waals surface area contributed by atoms with Gasteiger partial charge < -0.3 is 20.6 Å². The Morgan fingerprint density at radius 1 is 1.03 bits per heavy atom. The average Bonchev–Trinajstić information content (AvgIpc) is 2.77. The monoisotopic (exact) mass is 545 g/mol. The van der Waals surface area contributed by atoms with Gasteiger partial charge in [-0.2, -0.15) is 0 Å². The molecular formula is C24H44IN5O. The molecule has 2 rings (SSSR count). The molecule has 1 aromatic rings. The number of halogens is 1. The number of aliphatic hydroxyl groups excluding tert-OH is 1. The second-order valence-corrected chi connectivity index (χ2v) is 8.27. The molecule has 1 saturated heterocycles. The molecule has 6 nitrogen and oxygen atoms in total. The van der Waals surface area contributed by atoms with Crippen LogP contribution in [0.15, 0.2) is 35.3 Å². The molecule has 0 aliphatic carbocycles. The van der Waals surface area contributed by atoms with Crippen LogP contribution in [0, 0.1) is 5.92 Å². The fraction of sp³-hybridized carbons (Fsp3) is 0.708. The van der Waals surface area contributed by atoms with Gasteiger partial charge in [0.15, 0.2) is 5.96 Å². The minimum atomic E-state index is 0. The van der Waals surface area contributed by atoms with Crippen molar-refractivity contribution in [2.45, 2.75) is 46.1 Å². The summed E-state index contributed by atoms with van der Waals surface area (Å²) in [5.74, 6) is 1.38. The van der Waals surface area contributed by atoms with Crippen molar-refractivity contribution in [1.82, 2.24) is 20.4 Å². The highest BCUT2D eigenvalue weighted by Crippen LogP contribution is 2.11. The van der Waals surface area contributed by atoms with E-state index < -0.39 is 0 Å². The van der Waals surface area contributed by atoms with Crippen molar-refractivity contribution in [3.63, 3.8) is 0 Å². The van der Waals surface area contributed by atoms with Gasteiger partial charge in [0, 0.05) is 59.0 Å². The molecule has 1 heterocycles. The van der Waals surface area contributed by atoms with E-state index in [2.05, 4.69) is 64.6 Å². The Bertz CT molecular complexity index is 573. The summed E-state index contributed by atoms with van der Waals surface area (Å²) in [6.45, 7) is 13.9. The number of aliphatic hydroxyl groups is 1. The standard InChI is InChI=1S/C24H43N5O.HI/c1-3-9-22(12-19-30)20-27-24(25-4-2)26-13-8-14-28-15-17-29(18-16-28)21-23-10-6-5-7-11-23;/h5-7,10-11,22,30H,3-4,8-9,12-21H2,1-2H3,(H2,25,26,27);1H. The zero-order valence-corrected chi connectivity index (χ0v) is 21.9. The number of aliphatic imine (C=N–C) groups is 1. The summed E-state index contributed by atoms with van der Waals surface area (Å²) >= 11 is 0. The second-order valence-electron chi connectivity index (χ2n) is 8.27. The number of hydrogen-bond donors (Lipinski definition) is 3. The van der Waals surface area contributed by atoms with E-state index in [0.717, 1.165) is 90.5 Å². The zero-order valence-electron chi connectivity index (χ0n) is 19.6. The van der Waals surface area contributed by atoms with E-state index in [-0.39, 0.29) is 30.6 Å². The topological polar surface area (TPSA) is 63.1 Å². The highest BCUT2D eigenvalue weighted by molar-refractivity contribution is 14.0. The SMILES string of the molecule is CCCC(CCO)CN=C(NCC)NCCCN1CCN(Cc2ccccc2)CC1.I. The highest BCUT2D eigenvalue weighted by atomic mass is 127. The summed E-state index contributed by atoms with van der Waals surface area (Å²) in [6, 6.07) is 10.8. The van der Waals surface area contributed by atoms with Crippen LogP contribution >= 0.6 is 24.0 Å². The molecule has 178 valence electrons. The molecule has 31 heavy (non-hydrogen) atoms. The number of nitrogens with one attached hydrogen (secondary N) is 2. The molecule has 1 aliphatic heterocycles. The van der Waals surface area contributed by atoms with Gasteiger partial charge in [0.2, 0.25) is 0 Å². The van der Waals surface area contributed by atoms with Crippen molar-refractivity contribution in [3.05, 3.63) is 35.9 Å². The summed E-state index contributed by atoms with van der Waals surface area (Å²) in [5.41, 5.74) is 1.41.